The maximum atomic E-state index is 6.43. The molecule has 0 unspecified atom stereocenters. The van der Waals surface area contributed by atoms with Crippen LogP contribution in [0.15, 0.2) is 36.4 Å². The Morgan fingerprint density at radius 3 is 1.96 bits per heavy atom. The average Bonchev–Trinajstić information content (AvgIpc) is 3.06. The number of ether oxygens (including phenoxy) is 4. The van der Waals surface area contributed by atoms with Crippen LogP contribution in [0.1, 0.15) is 30.5 Å². The van der Waals surface area contributed by atoms with Crippen molar-refractivity contribution in [3.05, 3.63) is 53.1 Å². The molecular weight excluding hydrogens is 488 g/mol. The molecule has 2 aromatic rings. The van der Waals surface area contributed by atoms with E-state index < -0.39 is 13.5 Å². The van der Waals surface area contributed by atoms with E-state index in [1.807, 2.05) is 50.3 Å². The average molecular weight is 510 g/mol. The second-order valence-corrected chi connectivity index (χ2v) is 12.2. The molecule has 0 saturated heterocycles. The van der Waals surface area contributed by atoms with Crippen molar-refractivity contribution in [1.82, 2.24) is 0 Å². The summed E-state index contributed by atoms with van der Waals surface area (Å²) in [6.07, 6.45) is 2.08. The molecule has 7 heteroatoms. The Hall–Kier alpha value is -1.55. The number of rotatable bonds is 6. The molecule has 152 valence electrons. The molecule has 2 aromatic carbocycles. The molecule has 3 rings (SSSR count). The Balaban J connectivity index is 2.26. The van der Waals surface area contributed by atoms with E-state index in [0.29, 0.717) is 17.2 Å². The molecule has 0 atom stereocenters. The van der Waals surface area contributed by atoms with Crippen molar-refractivity contribution < 1.29 is 32.5 Å². The molecule has 0 spiro atoms. The number of methoxy groups -OCH3 is 3. The summed E-state index contributed by atoms with van der Waals surface area (Å²) in [4.78, 5) is 0. The number of hydrogen-bond acceptors (Lipinski definition) is 4. The molecule has 1 aliphatic rings. The third kappa shape index (κ3) is 4.22. The summed E-state index contributed by atoms with van der Waals surface area (Å²) in [5.74, 6) is 2.84. The number of allylic oxidation sites excluding steroid dienone is 1. The van der Waals surface area contributed by atoms with Crippen LogP contribution in [0.3, 0.4) is 0 Å². The van der Waals surface area contributed by atoms with Gasteiger partial charge in [-0.1, -0.05) is 0 Å². The Kier molecular flexibility index (Phi) is 6.70. The number of fused-ring (bicyclic) bond motifs is 1. The molecule has 28 heavy (non-hydrogen) atoms. The normalized spacial score (nSPS) is 13.2. The fourth-order valence-electron chi connectivity index (χ4n) is 3.12. The van der Waals surface area contributed by atoms with Crippen molar-refractivity contribution in [3.8, 4) is 23.0 Å². The monoisotopic (exact) mass is 510 g/mol. The number of hydrogen-bond donors (Lipinski definition) is 0. The van der Waals surface area contributed by atoms with Gasteiger partial charge in [-0.25, -0.2) is 0 Å². The zero-order chi connectivity index (χ0) is 20.4. The molecule has 0 aliphatic heterocycles. The summed E-state index contributed by atoms with van der Waals surface area (Å²) in [6.45, 7) is 3.98. The van der Waals surface area contributed by atoms with Gasteiger partial charge in [0.05, 0.1) is 0 Å². The Morgan fingerprint density at radius 2 is 1.46 bits per heavy atom. The van der Waals surface area contributed by atoms with E-state index in [0.717, 1.165) is 32.1 Å². The summed E-state index contributed by atoms with van der Waals surface area (Å²) >= 11 is -2.19. The topological polar surface area (TPSA) is 36.9 Å². The van der Waals surface area contributed by atoms with E-state index in [4.69, 9.17) is 38.3 Å². The van der Waals surface area contributed by atoms with Crippen LogP contribution in [0.5, 0.6) is 23.0 Å². The molecular formula is C21H22Cl2O4Ru. The minimum absolute atomic E-state index is 0.0421. The van der Waals surface area contributed by atoms with E-state index in [1.54, 1.807) is 21.3 Å². The predicted octanol–water partition coefficient (Wildman–Crippen LogP) is 5.39. The van der Waals surface area contributed by atoms with Crippen LogP contribution in [0, 0.1) is 0 Å². The first kappa shape index (κ1) is 21.2. The van der Waals surface area contributed by atoms with Crippen molar-refractivity contribution in [3.63, 3.8) is 0 Å². The summed E-state index contributed by atoms with van der Waals surface area (Å²) < 4.78 is 23.4. The first-order valence-corrected chi connectivity index (χ1v) is 13.9. The van der Waals surface area contributed by atoms with Crippen molar-refractivity contribution in [2.45, 2.75) is 20.0 Å². The van der Waals surface area contributed by atoms with Crippen LogP contribution in [0.2, 0.25) is 0 Å². The van der Waals surface area contributed by atoms with Gasteiger partial charge in [-0.3, -0.25) is 0 Å². The van der Waals surface area contributed by atoms with Gasteiger partial charge in [-0.2, -0.15) is 0 Å². The summed E-state index contributed by atoms with van der Waals surface area (Å²) in [5, 5.41) is 0. The predicted molar refractivity (Wildman–Crippen MR) is 111 cm³/mol. The van der Waals surface area contributed by atoms with Gasteiger partial charge in [-0.05, 0) is 0 Å². The van der Waals surface area contributed by atoms with Gasteiger partial charge >= 0.3 is 179 Å². The van der Waals surface area contributed by atoms with Gasteiger partial charge in [0, 0.05) is 0 Å². The first-order valence-electron chi connectivity index (χ1n) is 8.59. The molecule has 0 heterocycles. The molecule has 0 bridgehead atoms. The Morgan fingerprint density at radius 1 is 0.821 bits per heavy atom. The third-order valence-electron chi connectivity index (χ3n) is 4.26. The standard InChI is InChI=1S/C21H22O4.2ClH.Ru/c1-13(2)25-17-11-20-18(6-7-19(20)21(12-17)24-5)14-8-15(22-3)10-16(9-14)23-4;;;/h6,8-13H,1-5H3;2*1H;/q;;;+2/p-2. The fourth-order valence-corrected chi connectivity index (χ4v) is 5.59. The Labute approximate surface area is 178 Å². The van der Waals surface area contributed by atoms with Crippen molar-refractivity contribution in [1.29, 1.82) is 0 Å². The van der Waals surface area contributed by atoms with Crippen molar-refractivity contribution >= 4 is 29.1 Å². The molecule has 0 amide bonds. The maximum absolute atomic E-state index is 6.43. The van der Waals surface area contributed by atoms with E-state index in [2.05, 4.69) is 0 Å². The van der Waals surface area contributed by atoms with Crippen LogP contribution in [-0.2, 0) is 13.5 Å². The summed E-state index contributed by atoms with van der Waals surface area (Å²) in [5.41, 5.74) is 3.83. The molecule has 1 aliphatic carbocycles. The second kappa shape index (κ2) is 8.86. The molecule has 4 nitrogen and oxygen atoms in total. The number of halogens is 2. The zero-order valence-electron chi connectivity index (χ0n) is 16.3. The zero-order valence-corrected chi connectivity index (χ0v) is 19.5. The molecule has 0 aromatic heterocycles. The molecule has 0 saturated carbocycles. The molecule has 0 N–H and O–H groups in total. The van der Waals surface area contributed by atoms with Crippen LogP contribution >= 0.6 is 19.4 Å². The number of benzene rings is 2. The third-order valence-corrected chi connectivity index (χ3v) is 7.36. The van der Waals surface area contributed by atoms with Crippen molar-refractivity contribution in [2.75, 3.05) is 21.3 Å². The van der Waals surface area contributed by atoms with Crippen LogP contribution in [0.25, 0.3) is 5.57 Å². The fraction of sp³-hybridized carbons (Fsp3) is 0.286. The van der Waals surface area contributed by atoms with E-state index in [1.165, 1.54) is 0 Å². The van der Waals surface area contributed by atoms with Crippen LogP contribution < -0.4 is 18.9 Å². The Bertz CT molecular complexity index is 941. The van der Waals surface area contributed by atoms with Gasteiger partial charge in [-0.15, -0.1) is 0 Å². The van der Waals surface area contributed by atoms with Gasteiger partial charge in [0.25, 0.3) is 0 Å². The van der Waals surface area contributed by atoms with E-state index >= 15 is 0 Å². The molecule has 0 fully saturated rings. The first-order chi connectivity index (χ1) is 13.4. The van der Waals surface area contributed by atoms with Gasteiger partial charge in [0.2, 0.25) is 0 Å². The van der Waals surface area contributed by atoms with Crippen LogP contribution in [-0.4, -0.2) is 31.5 Å². The molecule has 0 radical (unpaired) electrons. The van der Waals surface area contributed by atoms with Gasteiger partial charge in [0.15, 0.2) is 0 Å². The summed E-state index contributed by atoms with van der Waals surface area (Å²) in [7, 11) is 17.7. The second-order valence-electron chi connectivity index (χ2n) is 6.39. The van der Waals surface area contributed by atoms with Gasteiger partial charge < -0.3 is 0 Å². The quantitative estimate of drug-likeness (QED) is 0.489. The van der Waals surface area contributed by atoms with Gasteiger partial charge in [0.1, 0.15) is 0 Å². The van der Waals surface area contributed by atoms with Crippen molar-refractivity contribution in [2.24, 2.45) is 0 Å². The SMILES string of the molecule is COc1cc(OC)cc(C2=C[C](=[Ru]([Cl])[Cl])c3c(OC)cc(OC(C)C)cc32)c1. The minimum atomic E-state index is -2.19. The van der Waals surface area contributed by atoms with Crippen LogP contribution in [0.4, 0.5) is 0 Å². The van der Waals surface area contributed by atoms with E-state index in [-0.39, 0.29) is 6.10 Å². The summed E-state index contributed by atoms with van der Waals surface area (Å²) in [6, 6.07) is 9.65. The van der Waals surface area contributed by atoms with E-state index in [9.17, 15) is 0 Å².